The van der Waals surface area contributed by atoms with Gasteiger partial charge in [-0.2, -0.15) is 0 Å². The summed E-state index contributed by atoms with van der Waals surface area (Å²) in [6, 6.07) is 19.0. The lowest BCUT2D eigenvalue weighted by Gasteiger charge is -2.10. The van der Waals surface area contributed by atoms with Crippen LogP contribution in [0.15, 0.2) is 65.1 Å². The highest BCUT2D eigenvalue weighted by Crippen LogP contribution is 2.27. The van der Waals surface area contributed by atoms with E-state index in [4.69, 9.17) is 16.6 Å². The van der Waals surface area contributed by atoms with E-state index in [1.807, 2.05) is 42.5 Å². The van der Waals surface area contributed by atoms with E-state index < -0.39 is 0 Å². The van der Waals surface area contributed by atoms with Crippen molar-refractivity contribution in [3.63, 3.8) is 0 Å². The van der Waals surface area contributed by atoms with Crippen LogP contribution in [0.5, 0.6) is 0 Å². The molecular weight excluding hydrogens is 509 g/mol. The van der Waals surface area contributed by atoms with Crippen molar-refractivity contribution in [2.45, 2.75) is 13.8 Å². The molecule has 0 fully saturated rings. The van der Waals surface area contributed by atoms with Crippen molar-refractivity contribution in [2.75, 3.05) is 5.32 Å². The van der Waals surface area contributed by atoms with Crippen LogP contribution in [0.2, 0.25) is 0 Å². The van der Waals surface area contributed by atoms with Gasteiger partial charge in [0, 0.05) is 14.8 Å². The van der Waals surface area contributed by atoms with Crippen LogP contribution in [0.25, 0.3) is 22.6 Å². The average Bonchev–Trinajstić information content (AvgIpc) is 3.13. The first-order valence-electron chi connectivity index (χ1n) is 9.26. The van der Waals surface area contributed by atoms with E-state index >= 15 is 0 Å². The fourth-order valence-electron chi connectivity index (χ4n) is 2.98. The highest BCUT2D eigenvalue weighted by molar-refractivity contribution is 14.1. The minimum atomic E-state index is -0.253. The van der Waals surface area contributed by atoms with Gasteiger partial charge in [-0.1, -0.05) is 18.2 Å². The van der Waals surface area contributed by atoms with Gasteiger partial charge >= 0.3 is 0 Å². The quantitative estimate of drug-likeness (QED) is 0.259. The molecular formula is C23H18IN3O2S. The number of halogens is 1. The Morgan fingerprint density at radius 1 is 1.03 bits per heavy atom. The SMILES string of the molecule is Cc1ccc(-c2nc3cc(NC(=S)NC(=O)c4ccccc4I)ccc3o2)cc1C. The number of oxazole rings is 1. The van der Waals surface area contributed by atoms with Crippen molar-refractivity contribution in [3.8, 4) is 11.5 Å². The van der Waals surface area contributed by atoms with E-state index in [2.05, 4.69) is 64.2 Å². The van der Waals surface area contributed by atoms with E-state index in [1.54, 1.807) is 6.07 Å². The summed E-state index contributed by atoms with van der Waals surface area (Å²) in [6.07, 6.45) is 0. The molecule has 0 unspecified atom stereocenters. The summed E-state index contributed by atoms with van der Waals surface area (Å²) < 4.78 is 6.76. The van der Waals surface area contributed by atoms with Crippen LogP contribution in [0, 0.1) is 17.4 Å². The Bertz CT molecular complexity index is 1280. The van der Waals surface area contributed by atoms with Crippen LogP contribution in [0.3, 0.4) is 0 Å². The van der Waals surface area contributed by atoms with Crippen LogP contribution in [-0.2, 0) is 0 Å². The Hall–Kier alpha value is -2.78. The standard InChI is InChI=1S/C23H18IN3O2S/c1-13-7-8-15(11-14(13)2)22-26-19-12-16(9-10-20(19)29-22)25-23(30)27-21(28)17-5-3-4-6-18(17)24/h3-12H,1-2H3,(H2,25,27,28,30). The Kier molecular flexibility index (Phi) is 5.83. The zero-order chi connectivity index (χ0) is 21.3. The molecule has 1 aromatic heterocycles. The van der Waals surface area contributed by atoms with Crippen molar-refractivity contribution in [1.82, 2.24) is 10.3 Å². The average molecular weight is 527 g/mol. The fraction of sp³-hybridized carbons (Fsp3) is 0.0870. The zero-order valence-electron chi connectivity index (χ0n) is 16.3. The molecule has 5 nitrogen and oxygen atoms in total. The second-order valence-corrected chi connectivity index (χ2v) is 8.46. The normalized spacial score (nSPS) is 10.8. The molecule has 1 amide bonds. The van der Waals surface area contributed by atoms with Crippen LogP contribution in [0.4, 0.5) is 5.69 Å². The molecule has 30 heavy (non-hydrogen) atoms. The van der Waals surface area contributed by atoms with Gasteiger partial charge in [0.05, 0.1) is 5.56 Å². The molecule has 7 heteroatoms. The number of aryl methyl sites for hydroxylation is 2. The van der Waals surface area contributed by atoms with Gasteiger partial charge in [0.2, 0.25) is 5.89 Å². The molecule has 0 aliphatic heterocycles. The largest absolute Gasteiger partial charge is 0.436 e. The van der Waals surface area contributed by atoms with E-state index in [-0.39, 0.29) is 11.0 Å². The first-order valence-corrected chi connectivity index (χ1v) is 10.7. The lowest BCUT2D eigenvalue weighted by Crippen LogP contribution is -2.34. The smallest absolute Gasteiger partial charge is 0.258 e. The van der Waals surface area contributed by atoms with Crippen molar-refractivity contribution in [1.29, 1.82) is 0 Å². The van der Waals surface area contributed by atoms with Crippen LogP contribution >= 0.6 is 34.8 Å². The van der Waals surface area contributed by atoms with E-state index in [9.17, 15) is 4.79 Å². The molecule has 0 atom stereocenters. The number of aromatic nitrogens is 1. The van der Waals surface area contributed by atoms with Crippen molar-refractivity contribution in [3.05, 3.63) is 80.9 Å². The van der Waals surface area contributed by atoms with Crippen LogP contribution in [0.1, 0.15) is 21.5 Å². The highest BCUT2D eigenvalue weighted by atomic mass is 127. The van der Waals surface area contributed by atoms with Gasteiger partial charge in [-0.3, -0.25) is 10.1 Å². The molecule has 4 rings (SSSR count). The molecule has 0 spiro atoms. The summed E-state index contributed by atoms with van der Waals surface area (Å²) in [6.45, 7) is 4.14. The number of nitrogens with one attached hydrogen (secondary N) is 2. The zero-order valence-corrected chi connectivity index (χ0v) is 19.3. The van der Waals surface area contributed by atoms with Gasteiger partial charge < -0.3 is 9.73 Å². The first kappa shape index (κ1) is 20.5. The Morgan fingerprint density at radius 3 is 2.60 bits per heavy atom. The Balaban J connectivity index is 1.51. The lowest BCUT2D eigenvalue weighted by molar-refractivity contribution is 0.0977. The summed E-state index contributed by atoms with van der Waals surface area (Å²) in [5.41, 5.74) is 6.03. The van der Waals surface area contributed by atoms with Gasteiger partial charge in [0.25, 0.3) is 5.91 Å². The van der Waals surface area contributed by atoms with Gasteiger partial charge in [0.1, 0.15) is 5.52 Å². The lowest BCUT2D eigenvalue weighted by atomic mass is 10.1. The summed E-state index contributed by atoms with van der Waals surface area (Å²) in [5, 5.41) is 5.96. The number of hydrogen-bond donors (Lipinski definition) is 2. The van der Waals surface area contributed by atoms with E-state index in [0.717, 1.165) is 14.8 Å². The van der Waals surface area contributed by atoms with Gasteiger partial charge in [-0.25, -0.2) is 4.98 Å². The maximum atomic E-state index is 12.4. The third-order valence-electron chi connectivity index (χ3n) is 4.74. The monoisotopic (exact) mass is 527 g/mol. The van der Waals surface area contributed by atoms with Gasteiger partial charge in [0.15, 0.2) is 10.7 Å². The van der Waals surface area contributed by atoms with Crippen molar-refractivity contribution >= 4 is 62.6 Å². The number of nitrogens with zero attached hydrogens (tertiary/aromatic N) is 1. The molecule has 0 saturated carbocycles. The molecule has 1 heterocycles. The molecule has 0 radical (unpaired) electrons. The number of rotatable bonds is 3. The number of fused-ring (bicyclic) bond motifs is 1. The molecule has 0 saturated heterocycles. The second-order valence-electron chi connectivity index (χ2n) is 6.89. The number of hydrogen-bond acceptors (Lipinski definition) is 4. The third kappa shape index (κ3) is 4.36. The second kappa shape index (κ2) is 8.53. The predicted octanol–water partition coefficient (Wildman–Crippen LogP) is 5.84. The molecule has 2 N–H and O–H groups in total. The number of thiocarbonyl (C=S) groups is 1. The number of carbonyl (C=O) groups excluding carboxylic acids is 1. The molecule has 4 aromatic rings. The minimum Gasteiger partial charge on any atom is -0.436 e. The van der Waals surface area contributed by atoms with Gasteiger partial charge in [-0.05, 0) is 102 Å². The summed E-state index contributed by atoms with van der Waals surface area (Å²) in [4.78, 5) is 17.0. The molecule has 150 valence electrons. The molecule has 0 bridgehead atoms. The van der Waals surface area contributed by atoms with Gasteiger partial charge in [-0.15, -0.1) is 0 Å². The number of amides is 1. The Labute approximate surface area is 193 Å². The van der Waals surface area contributed by atoms with E-state index in [1.165, 1.54) is 11.1 Å². The maximum absolute atomic E-state index is 12.4. The first-order chi connectivity index (χ1) is 14.4. The summed E-state index contributed by atoms with van der Waals surface area (Å²) in [7, 11) is 0. The number of carbonyl (C=O) groups is 1. The number of benzene rings is 3. The summed E-state index contributed by atoms with van der Waals surface area (Å²) in [5.74, 6) is 0.317. The highest BCUT2D eigenvalue weighted by Gasteiger charge is 2.13. The predicted molar refractivity (Wildman–Crippen MR) is 132 cm³/mol. The maximum Gasteiger partial charge on any atom is 0.258 e. The van der Waals surface area contributed by atoms with Crippen LogP contribution in [-0.4, -0.2) is 16.0 Å². The molecule has 0 aliphatic carbocycles. The topological polar surface area (TPSA) is 67.2 Å². The molecule has 3 aromatic carbocycles. The van der Waals surface area contributed by atoms with E-state index in [0.29, 0.717) is 22.6 Å². The summed E-state index contributed by atoms with van der Waals surface area (Å²) >= 11 is 7.42. The minimum absolute atomic E-state index is 0.219. The Morgan fingerprint density at radius 2 is 1.83 bits per heavy atom. The van der Waals surface area contributed by atoms with Crippen molar-refractivity contribution in [2.24, 2.45) is 0 Å². The molecule has 0 aliphatic rings. The third-order valence-corrected chi connectivity index (χ3v) is 5.89. The fourth-order valence-corrected chi connectivity index (χ4v) is 3.82. The van der Waals surface area contributed by atoms with Crippen LogP contribution < -0.4 is 10.6 Å². The number of anilines is 1. The van der Waals surface area contributed by atoms with Crippen molar-refractivity contribution < 1.29 is 9.21 Å².